The molecule has 7 heteroatoms. The van der Waals surface area contributed by atoms with E-state index < -0.39 is 5.91 Å². The Bertz CT molecular complexity index is 987. The van der Waals surface area contributed by atoms with Crippen LogP contribution in [0.25, 0.3) is 0 Å². The van der Waals surface area contributed by atoms with Crippen LogP contribution in [0, 0.1) is 6.92 Å². The van der Waals surface area contributed by atoms with Crippen LogP contribution in [0.1, 0.15) is 73.1 Å². The fourth-order valence-corrected chi connectivity index (χ4v) is 3.48. The maximum Gasteiger partial charge on any atom is 0.272 e. The SMILES string of the molecule is CCCc1c(C(=O)Nc2ccc3c(c2)C(=O)N(C)C3=O)[nH]c(C)c1C(C)=O. The second kappa shape index (κ2) is 6.83. The standard InChI is InChI=1S/C20H21N3O4/c1-5-6-14-16(11(3)24)10(2)21-17(14)18(25)22-12-7-8-13-15(9-12)20(27)23(4)19(13)26/h7-9,21H,5-6H2,1-4H3,(H,22,25). The van der Waals surface area contributed by atoms with Gasteiger partial charge in [-0.25, -0.2) is 0 Å². The largest absolute Gasteiger partial charge is 0.354 e. The molecule has 0 atom stereocenters. The van der Waals surface area contributed by atoms with Crippen molar-refractivity contribution in [3.8, 4) is 0 Å². The third-order valence-electron chi connectivity index (χ3n) is 4.72. The molecule has 7 nitrogen and oxygen atoms in total. The van der Waals surface area contributed by atoms with Gasteiger partial charge in [0.05, 0.1) is 11.1 Å². The van der Waals surface area contributed by atoms with E-state index in [1.165, 1.54) is 26.1 Å². The predicted octanol–water partition coefficient (Wildman–Crippen LogP) is 2.96. The fraction of sp³-hybridized carbons (Fsp3) is 0.300. The minimum atomic E-state index is -0.396. The van der Waals surface area contributed by atoms with E-state index in [1.807, 2.05) is 6.92 Å². The van der Waals surface area contributed by atoms with Crippen molar-refractivity contribution in [3.63, 3.8) is 0 Å². The van der Waals surface area contributed by atoms with Gasteiger partial charge in [-0.05, 0) is 44.0 Å². The number of benzene rings is 1. The van der Waals surface area contributed by atoms with Crippen molar-refractivity contribution in [2.75, 3.05) is 12.4 Å². The maximum absolute atomic E-state index is 12.8. The number of aromatic amines is 1. The third-order valence-corrected chi connectivity index (χ3v) is 4.72. The first-order valence-electron chi connectivity index (χ1n) is 8.76. The number of aromatic nitrogens is 1. The molecule has 0 spiro atoms. The van der Waals surface area contributed by atoms with E-state index in [4.69, 9.17) is 0 Å². The second-order valence-electron chi connectivity index (χ2n) is 6.67. The number of anilines is 1. The number of imide groups is 1. The van der Waals surface area contributed by atoms with Crippen LogP contribution in [0.4, 0.5) is 5.69 Å². The number of amides is 3. The number of carbonyl (C=O) groups is 4. The van der Waals surface area contributed by atoms with E-state index in [0.29, 0.717) is 40.2 Å². The molecule has 1 aliphatic rings. The molecule has 0 aliphatic carbocycles. The molecule has 2 N–H and O–H groups in total. The average Bonchev–Trinajstić information content (AvgIpc) is 3.05. The van der Waals surface area contributed by atoms with E-state index in [1.54, 1.807) is 13.0 Å². The first-order valence-corrected chi connectivity index (χ1v) is 8.76. The highest BCUT2D eigenvalue weighted by Crippen LogP contribution is 2.26. The number of ketones is 1. The van der Waals surface area contributed by atoms with Crippen molar-refractivity contribution in [3.05, 3.63) is 51.8 Å². The Kier molecular flexibility index (Phi) is 4.70. The highest BCUT2D eigenvalue weighted by atomic mass is 16.2. The lowest BCUT2D eigenvalue weighted by molar-refractivity contribution is 0.0692. The number of nitrogens with zero attached hydrogens (tertiary/aromatic N) is 1. The Morgan fingerprint density at radius 1 is 1.15 bits per heavy atom. The Hall–Kier alpha value is -3.22. The van der Waals surface area contributed by atoms with Crippen LogP contribution >= 0.6 is 0 Å². The summed E-state index contributed by atoms with van der Waals surface area (Å²) in [7, 11) is 1.42. The lowest BCUT2D eigenvalue weighted by Crippen LogP contribution is -2.24. The normalized spacial score (nSPS) is 13.1. The molecule has 0 unspecified atom stereocenters. The highest BCUT2D eigenvalue weighted by molar-refractivity contribution is 6.21. The van der Waals surface area contributed by atoms with Crippen LogP contribution in [-0.2, 0) is 6.42 Å². The molecule has 3 rings (SSSR count). The predicted molar refractivity (Wildman–Crippen MR) is 100 cm³/mol. The van der Waals surface area contributed by atoms with Crippen molar-refractivity contribution in [1.82, 2.24) is 9.88 Å². The molecule has 140 valence electrons. The monoisotopic (exact) mass is 367 g/mol. The van der Waals surface area contributed by atoms with Gasteiger partial charge in [0.2, 0.25) is 0 Å². The maximum atomic E-state index is 12.8. The molecule has 2 aromatic rings. The van der Waals surface area contributed by atoms with Crippen LogP contribution < -0.4 is 5.32 Å². The minimum absolute atomic E-state index is 0.0871. The number of Topliss-reactive ketones (excluding diaryl/α,β-unsaturated/α-hetero) is 1. The molecule has 1 aliphatic heterocycles. The second-order valence-corrected chi connectivity index (χ2v) is 6.67. The highest BCUT2D eigenvalue weighted by Gasteiger charge is 2.33. The average molecular weight is 367 g/mol. The zero-order chi connectivity index (χ0) is 19.9. The summed E-state index contributed by atoms with van der Waals surface area (Å²) in [6, 6.07) is 4.61. The molecule has 0 saturated carbocycles. The van der Waals surface area contributed by atoms with Gasteiger partial charge in [-0.2, -0.15) is 0 Å². The quantitative estimate of drug-likeness (QED) is 0.627. The van der Waals surface area contributed by atoms with Gasteiger partial charge >= 0.3 is 0 Å². The number of aryl methyl sites for hydroxylation is 1. The molecule has 1 aromatic carbocycles. The summed E-state index contributed by atoms with van der Waals surface area (Å²) in [5, 5.41) is 2.75. The Balaban J connectivity index is 1.94. The molecular formula is C20H21N3O4. The van der Waals surface area contributed by atoms with Crippen LogP contribution in [0.2, 0.25) is 0 Å². The van der Waals surface area contributed by atoms with Gasteiger partial charge < -0.3 is 10.3 Å². The Morgan fingerprint density at radius 3 is 2.44 bits per heavy atom. The molecular weight excluding hydrogens is 346 g/mol. The van der Waals surface area contributed by atoms with Crippen molar-refractivity contribution in [2.45, 2.75) is 33.6 Å². The Labute approximate surface area is 156 Å². The zero-order valence-electron chi connectivity index (χ0n) is 15.7. The summed E-state index contributed by atoms with van der Waals surface area (Å²) < 4.78 is 0. The topological polar surface area (TPSA) is 99.3 Å². The molecule has 1 aromatic heterocycles. The molecule has 0 fully saturated rings. The molecule has 0 saturated heterocycles. The van der Waals surface area contributed by atoms with E-state index in [0.717, 1.165) is 11.3 Å². The van der Waals surface area contributed by atoms with Crippen molar-refractivity contribution >= 4 is 29.2 Å². The smallest absolute Gasteiger partial charge is 0.272 e. The number of hydrogen-bond acceptors (Lipinski definition) is 4. The molecule has 27 heavy (non-hydrogen) atoms. The fourth-order valence-electron chi connectivity index (χ4n) is 3.48. The number of hydrogen-bond donors (Lipinski definition) is 2. The lowest BCUT2D eigenvalue weighted by Gasteiger charge is -2.08. The van der Waals surface area contributed by atoms with Crippen LogP contribution in [-0.4, -0.2) is 40.4 Å². The summed E-state index contributed by atoms with van der Waals surface area (Å²) >= 11 is 0. The summed E-state index contributed by atoms with van der Waals surface area (Å²) in [6.45, 7) is 5.23. The summed E-state index contributed by atoms with van der Waals surface area (Å²) in [5.41, 5.74) is 3.26. The van der Waals surface area contributed by atoms with Gasteiger partial charge in [-0.1, -0.05) is 13.3 Å². The lowest BCUT2D eigenvalue weighted by atomic mass is 10.0. The third kappa shape index (κ3) is 3.05. The number of fused-ring (bicyclic) bond motifs is 1. The van der Waals surface area contributed by atoms with Gasteiger partial charge in [-0.3, -0.25) is 24.1 Å². The summed E-state index contributed by atoms with van der Waals surface area (Å²) in [4.78, 5) is 52.9. The molecule has 2 heterocycles. The molecule has 0 bridgehead atoms. The van der Waals surface area contributed by atoms with Gasteiger partial charge in [0, 0.05) is 24.0 Å². The van der Waals surface area contributed by atoms with Crippen LogP contribution in [0.3, 0.4) is 0 Å². The van der Waals surface area contributed by atoms with E-state index >= 15 is 0 Å². The van der Waals surface area contributed by atoms with Gasteiger partial charge in [0.1, 0.15) is 5.69 Å². The van der Waals surface area contributed by atoms with Crippen molar-refractivity contribution in [1.29, 1.82) is 0 Å². The first kappa shape index (κ1) is 18.6. The minimum Gasteiger partial charge on any atom is -0.354 e. The number of carbonyl (C=O) groups excluding carboxylic acids is 4. The zero-order valence-corrected chi connectivity index (χ0v) is 15.7. The van der Waals surface area contributed by atoms with Gasteiger partial charge in [0.25, 0.3) is 17.7 Å². The number of rotatable bonds is 5. The van der Waals surface area contributed by atoms with E-state index in [9.17, 15) is 19.2 Å². The first-order chi connectivity index (χ1) is 12.8. The number of nitrogens with one attached hydrogen (secondary N) is 2. The van der Waals surface area contributed by atoms with E-state index in [2.05, 4.69) is 10.3 Å². The van der Waals surface area contributed by atoms with Gasteiger partial charge in [-0.15, -0.1) is 0 Å². The van der Waals surface area contributed by atoms with Crippen LogP contribution in [0.5, 0.6) is 0 Å². The molecule has 3 amide bonds. The number of H-pyrrole nitrogens is 1. The van der Waals surface area contributed by atoms with E-state index in [-0.39, 0.29) is 23.2 Å². The van der Waals surface area contributed by atoms with Gasteiger partial charge in [0.15, 0.2) is 5.78 Å². The molecule has 0 radical (unpaired) electrons. The van der Waals surface area contributed by atoms with Crippen molar-refractivity contribution in [2.24, 2.45) is 0 Å². The van der Waals surface area contributed by atoms with Crippen molar-refractivity contribution < 1.29 is 19.2 Å². The Morgan fingerprint density at radius 2 is 1.81 bits per heavy atom. The summed E-state index contributed by atoms with van der Waals surface area (Å²) in [5.74, 6) is -1.23. The summed E-state index contributed by atoms with van der Waals surface area (Å²) in [6.07, 6.45) is 1.39. The van der Waals surface area contributed by atoms with Crippen LogP contribution in [0.15, 0.2) is 18.2 Å².